The van der Waals surface area contributed by atoms with Gasteiger partial charge in [0.05, 0.1) is 11.1 Å². The predicted molar refractivity (Wildman–Crippen MR) is 151 cm³/mol. The van der Waals surface area contributed by atoms with E-state index in [-0.39, 0.29) is 48.6 Å². The van der Waals surface area contributed by atoms with Crippen LogP contribution in [0, 0.1) is 0 Å². The minimum Gasteiger partial charge on any atom is -0.353 e. The van der Waals surface area contributed by atoms with E-state index in [4.69, 9.17) is 0 Å². The highest BCUT2D eigenvalue weighted by Gasteiger charge is 2.38. The van der Waals surface area contributed by atoms with Gasteiger partial charge in [-0.3, -0.25) is 9.55 Å². The zero-order valence-electron chi connectivity index (χ0n) is 22.8. The third kappa shape index (κ3) is 5.48. The maximum atomic E-state index is 14.4. The zero-order chi connectivity index (χ0) is 29.1. The Labute approximate surface area is 237 Å². The Kier molecular flexibility index (Phi) is 7.12. The molecule has 1 aliphatic carbocycles. The van der Waals surface area contributed by atoms with Crippen molar-refractivity contribution in [1.82, 2.24) is 19.9 Å². The third-order valence-electron chi connectivity index (χ3n) is 8.22. The van der Waals surface area contributed by atoms with Crippen LogP contribution in [0.3, 0.4) is 0 Å². The maximum absolute atomic E-state index is 14.4. The molecule has 3 aliphatic rings. The van der Waals surface area contributed by atoms with Crippen molar-refractivity contribution < 1.29 is 22.0 Å². The van der Waals surface area contributed by atoms with Gasteiger partial charge in [0.2, 0.25) is 0 Å². The van der Waals surface area contributed by atoms with Crippen molar-refractivity contribution in [1.29, 1.82) is 0 Å². The summed E-state index contributed by atoms with van der Waals surface area (Å²) < 4.78 is 73.1. The SMILES string of the molecule is C[C@@H]1CN(c2nc(=O)n3c4c(cc(C(F)(F)F)cc24)[SH](C2=CCC(F)(F)CC2)CC(c2ccncc2)C3)C[C@H](C)N1. The molecule has 41 heavy (non-hydrogen) atoms. The monoisotopic (exact) mass is 593 g/mol. The molecule has 0 radical (unpaired) electrons. The highest BCUT2D eigenvalue weighted by Crippen LogP contribution is 2.56. The molecule has 2 aromatic heterocycles. The maximum Gasteiger partial charge on any atom is 0.416 e. The molecule has 4 atom stereocenters. The normalized spacial score (nSPS) is 27.4. The van der Waals surface area contributed by atoms with Crippen LogP contribution in [0.5, 0.6) is 0 Å². The van der Waals surface area contributed by atoms with Crippen molar-refractivity contribution in [3.8, 4) is 0 Å². The molecule has 1 saturated heterocycles. The summed E-state index contributed by atoms with van der Waals surface area (Å²) in [6.07, 6.45) is -0.499. The van der Waals surface area contributed by atoms with Crippen molar-refractivity contribution in [3.63, 3.8) is 0 Å². The second-order valence-corrected chi connectivity index (χ2v) is 13.7. The molecule has 4 heterocycles. The van der Waals surface area contributed by atoms with Crippen LogP contribution in [0.25, 0.3) is 10.9 Å². The summed E-state index contributed by atoms with van der Waals surface area (Å²) in [5, 5.41) is 3.69. The second-order valence-electron chi connectivity index (χ2n) is 11.4. The van der Waals surface area contributed by atoms with Gasteiger partial charge in [-0.05, 0) is 60.8 Å². The van der Waals surface area contributed by atoms with E-state index in [9.17, 15) is 26.7 Å². The first-order valence-electron chi connectivity index (χ1n) is 13.8. The van der Waals surface area contributed by atoms with Gasteiger partial charge < -0.3 is 10.2 Å². The van der Waals surface area contributed by atoms with Gasteiger partial charge in [-0.25, -0.2) is 24.5 Å². The smallest absolute Gasteiger partial charge is 0.353 e. The van der Waals surface area contributed by atoms with Crippen molar-refractivity contribution in [2.75, 3.05) is 23.7 Å². The van der Waals surface area contributed by atoms with Gasteiger partial charge >= 0.3 is 11.9 Å². The summed E-state index contributed by atoms with van der Waals surface area (Å²) in [5.74, 6) is -2.39. The summed E-state index contributed by atoms with van der Waals surface area (Å²) in [4.78, 5) is 25.3. The fraction of sp³-hybridized carbons (Fsp3) is 0.483. The van der Waals surface area contributed by atoms with Crippen LogP contribution in [0.15, 0.2) is 57.3 Å². The van der Waals surface area contributed by atoms with Crippen LogP contribution in [0.2, 0.25) is 0 Å². The van der Waals surface area contributed by atoms with Crippen LogP contribution in [0.1, 0.15) is 50.2 Å². The van der Waals surface area contributed by atoms with Crippen LogP contribution in [0.4, 0.5) is 27.8 Å². The fourth-order valence-electron chi connectivity index (χ4n) is 6.40. The van der Waals surface area contributed by atoms with E-state index in [1.807, 2.05) is 30.9 Å². The molecule has 6 nitrogen and oxygen atoms in total. The fourth-order valence-corrected chi connectivity index (χ4v) is 9.40. The number of alkyl halides is 5. The average molecular weight is 594 g/mol. The zero-order valence-corrected chi connectivity index (χ0v) is 23.7. The van der Waals surface area contributed by atoms with E-state index in [1.165, 1.54) is 10.6 Å². The summed E-state index contributed by atoms with van der Waals surface area (Å²) in [5.41, 5.74) is -0.00629. The summed E-state index contributed by atoms with van der Waals surface area (Å²) in [6.45, 7) is 5.15. The van der Waals surface area contributed by atoms with E-state index >= 15 is 0 Å². The van der Waals surface area contributed by atoms with Gasteiger partial charge in [0.25, 0.3) is 5.92 Å². The van der Waals surface area contributed by atoms with Crippen LogP contribution >= 0.6 is 10.9 Å². The molecule has 1 N–H and O–H groups in total. The Morgan fingerprint density at radius 3 is 2.41 bits per heavy atom. The van der Waals surface area contributed by atoms with Crippen LogP contribution < -0.4 is 15.9 Å². The molecule has 1 aromatic carbocycles. The van der Waals surface area contributed by atoms with Gasteiger partial charge in [0, 0.05) is 73.2 Å². The number of allylic oxidation sites excluding steroid dienone is 2. The van der Waals surface area contributed by atoms with E-state index in [2.05, 4.69) is 15.3 Å². The number of piperazine rings is 1. The van der Waals surface area contributed by atoms with Crippen molar-refractivity contribution in [2.45, 2.75) is 74.7 Å². The highest BCUT2D eigenvalue weighted by atomic mass is 32.2. The minimum atomic E-state index is -4.64. The summed E-state index contributed by atoms with van der Waals surface area (Å²) in [7, 11) is -1.46. The first kappa shape index (κ1) is 28.1. The summed E-state index contributed by atoms with van der Waals surface area (Å²) in [6, 6.07) is 6.03. The Morgan fingerprint density at radius 2 is 1.78 bits per heavy atom. The number of aromatic nitrogens is 3. The molecule has 220 valence electrons. The first-order chi connectivity index (χ1) is 19.4. The van der Waals surface area contributed by atoms with Gasteiger partial charge in [0.15, 0.2) is 0 Å². The number of nitrogens with one attached hydrogen (secondary N) is 1. The minimum absolute atomic E-state index is 0.0428. The lowest BCUT2D eigenvalue weighted by Crippen LogP contribution is -2.55. The number of thiol groups is 1. The number of hydrogen-bond acceptors (Lipinski definition) is 5. The molecule has 12 heteroatoms. The molecule has 3 aromatic rings. The molecule has 0 bridgehead atoms. The Bertz CT molecular complexity index is 1550. The van der Waals surface area contributed by atoms with Crippen molar-refractivity contribution in [3.05, 3.63) is 69.3 Å². The third-order valence-corrected chi connectivity index (χ3v) is 11.0. The molecular weight excluding hydrogens is 561 g/mol. The largest absolute Gasteiger partial charge is 0.416 e. The van der Waals surface area contributed by atoms with Crippen LogP contribution in [-0.4, -0.2) is 51.4 Å². The number of anilines is 1. The molecule has 2 unspecified atom stereocenters. The van der Waals surface area contributed by atoms with Gasteiger partial charge in [-0.2, -0.15) is 18.2 Å². The first-order valence-corrected chi connectivity index (χ1v) is 15.3. The Balaban J connectivity index is 1.63. The number of halogens is 5. The number of rotatable bonds is 3. The standard InChI is InChI=1S/C29H32F5N5OS/c1-17-13-38(14-18(2)36-17)26-23-11-21(29(32,33)34)12-24-25(23)39(27(40)37-26)15-20(19-5-9-35-10-6-19)16-41(24)22-3-7-28(30,31)8-4-22/h3,5-6,9-12,17-18,20,36,41H,4,7-8,13-16H2,1-2H3/t17-,18+,20?. The Hall–Kier alpha value is -2.99. The van der Waals surface area contributed by atoms with Gasteiger partial charge in [-0.15, -0.1) is 0 Å². The lowest BCUT2D eigenvalue weighted by molar-refractivity contribution is -0.137. The summed E-state index contributed by atoms with van der Waals surface area (Å²) >= 11 is 0. The quantitative estimate of drug-likeness (QED) is 0.295. The van der Waals surface area contributed by atoms with Crippen molar-refractivity contribution >= 4 is 27.6 Å². The molecule has 0 saturated carbocycles. The van der Waals surface area contributed by atoms with Gasteiger partial charge in [-0.1, -0.05) is 6.08 Å². The highest BCUT2D eigenvalue weighted by molar-refractivity contribution is 8.20. The number of hydrogen-bond donors (Lipinski definition) is 2. The topological polar surface area (TPSA) is 63.1 Å². The number of nitrogens with zero attached hydrogens (tertiary/aromatic N) is 4. The number of benzene rings is 1. The average Bonchev–Trinajstić information content (AvgIpc) is 3.08. The molecule has 0 amide bonds. The lowest BCUT2D eigenvalue weighted by atomic mass is 10.0. The molecule has 0 spiro atoms. The van der Waals surface area contributed by atoms with Gasteiger partial charge in [0.1, 0.15) is 5.82 Å². The number of pyridine rings is 1. The van der Waals surface area contributed by atoms with E-state index in [0.29, 0.717) is 29.3 Å². The van der Waals surface area contributed by atoms with E-state index < -0.39 is 40.7 Å². The lowest BCUT2D eigenvalue weighted by Gasteiger charge is -2.37. The molecule has 1 fully saturated rings. The Morgan fingerprint density at radius 1 is 1.07 bits per heavy atom. The van der Waals surface area contributed by atoms with Crippen molar-refractivity contribution in [2.24, 2.45) is 0 Å². The van der Waals surface area contributed by atoms with E-state index in [0.717, 1.165) is 22.6 Å². The molecule has 2 aliphatic heterocycles. The van der Waals surface area contributed by atoms with E-state index in [1.54, 1.807) is 12.4 Å². The van der Waals surface area contributed by atoms with Crippen LogP contribution in [-0.2, 0) is 12.7 Å². The molecular formula is C29H32F5N5OS. The predicted octanol–water partition coefficient (Wildman–Crippen LogP) is 5.86. The molecule has 6 rings (SSSR count). The second kappa shape index (κ2) is 10.4.